The Kier molecular flexibility index (Phi) is 3.77. The van der Waals surface area contributed by atoms with E-state index in [1.54, 1.807) is 7.05 Å². The van der Waals surface area contributed by atoms with Crippen LogP contribution in [0.1, 0.15) is 49.2 Å². The SMILES string of the molecule is Cn1nc(C2CCN(Cc3ccccn3)CC2)n(C2CC2)c1=O. The smallest absolute Gasteiger partial charge is 0.297 e. The van der Waals surface area contributed by atoms with Crippen molar-refractivity contribution in [2.45, 2.75) is 44.2 Å². The summed E-state index contributed by atoms with van der Waals surface area (Å²) >= 11 is 0. The van der Waals surface area contributed by atoms with Gasteiger partial charge in [-0.25, -0.2) is 9.48 Å². The summed E-state index contributed by atoms with van der Waals surface area (Å²) in [6.45, 7) is 2.98. The lowest BCUT2D eigenvalue weighted by Gasteiger charge is -2.31. The Labute approximate surface area is 135 Å². The molecule has 0 aromatic carbocycles. The van der Waals surface area contributed by atoms with E-state index in [-0.39, 0.29) is 5.69 Å². The van der Waals surface area contributed by atoms with E-state index in [1.165, 1.54) is 4.68 Å². The molecule has 122 valence electrons. The van der Waals surface area contributed by atoms with Gasteiger partial charge in [-0.2, -0.15) is 5.10 Å². The van der Waals surface area contributed by atoms with Gasteiger partial charge < -0.3 is 0 Å². The Morgan fingerprint density at radius 3 is 2.61 bits per heavy atom. The summed E-state index contributed by atoms with van der Waals surface area (Å²) in [4.78, 5) is 19.1. The Bertz CT molecular complexity index is 723. The maximum absolute atomic E-state index is 12.3. The van der Waals surface area contributed by atoms with E-state index >= 15 is 0 Å². The minimum Gasteiger partial charge on any atom is -0.297 e. The van der Waals surface area contributed by atoms with Crippen molar-refractivity contribution in [3.05, 3.63) is 46.4 Å². The molecule has 0 N–H and O–H groups in total. The van der Waals surface area contributed by atoms with Crippen LogP contribution in [-0.4, -0.2) is 37.3 Å². The lowest BCUT2D eigenvalue weighted by molar-refractivity contribution is 0.197. The van der Waals surface area contributed by atoms with Gasteiger partial charge in [-0.05, 0) is 50.9 Å². The van der Waals surface area contributed by atoms with E-state index in [0.717, 1.165) is 56.8 Å². The van der Waals surface area contributed by atoms with Crippen molar-refractivity contribution in [1.29, 1.82) is 0 Å². The van der Waals surface area contributed by atoms with Gasteiger partial charge in [0, 0.05) is 31.7 Å². The van der Waals surface area contributed by atoms with E-state index in [1.807, 2.05) is 22.9 Å². The first-order valence-electron chi connectivity index (χ1n) is 8.50. The minimum absolute atomic E-state index is 0.0541. The van der Waals surface area contributed by atoms with Crippen LogP contribution in [0.15, 0.2) is 29.2 Å². The molecule has 1 aliphatic heterocycles. The largest absolute Gasteiger partial charge is 0.345 e. The third-order valence-electron chi connectivity index (χ3n) is 4.96. The monoisotopic (exact) mass is 313 g/mol. The zero-order chi connectivity index (χ0) is 15.8. The van der Waals surface area contributed by atoms with Gasteiger partial charge in [0.05, 0.1) is 5.69 Å². The number of hydrogen-bond donors (Lipinski definition) is 0. The van der Waals surface area contributed by atoms with E-state index < -0.39 is 0 Å². The van der Waals surface area contributed by atoms with Crippen molar-refractivity contribution in [2.24, 2.45) is 7.05 Å². The number of piperidine rings is 1. The molecule has 2 aliphatic rings. The molecule has 0 unspecified atom stereocenters. The summed E-state index contributed by atoms with van der Waals surface area (Å²) in [5, 5.41) is 4.54. The molecule has 6 heteroatoms. The van der Waals surface area contributed by atoms with E-state index in [2.05, 4.69) is 21.0 Å². The molecule has 23 heavy (non-hydrogen) atoms. The van der Waals surface area contributed by atoms with Crippen LogP contribution in [0, 0.1) is 0 Å². The van der Waals surface area contributed by atoms with Gasteiger partial charge in [0.2, 0.25) is 0 Å². The van der Waals surface area contributed by atoms with Gasteiger partial charge in [-0.1, -0.05) is 6.07 Å². The first-order valence-corrected chi connectivity index (χ1v) is 8.50. The fraction of sp³-hybridized carbons (Fsp3) is 0.588. The number of aromatic nitrogens is 4. The molecule has 1 aliphatic carbocycles. The second kappa shape index (κ2) is 5.92. The number of likely N-dealkylation sites (tertiary alicyclic amines) is 1. The highest BCUT2D eigenvalue weighted by Crippen LogP contribution is 2.37. The highest BCUT2D eigenvalue weighted by molar-refractivity contribution is 5.06. The van der Waals surface area contributed by atoms with Crippen molar-refractivity contribution in [1.82, 2.24) is 24.2 Å². The standard InChI is InChI=1S/C17H23N5O/c1-20-17(23)22(15-5-6-15)16(19-20)13-7-10-21(11-8-13)12-14-4-2-3-9-18-14/h2-4,9,13,15H,5-8,10-12H2,1H3. The summed E-state index contributed by atoms with van der Waals surface area (Å²) in [6.07, 6.45) is 6.23. The topological polar surface area (TPSA) is 56.0 Å². The second-order valence-corrected chi connectivity index (χ2v) is 6.74. The van der Waals surface area contributed by atoms with Crippen molar-refractivity contribution in [3.8, 4) is 0 Å². The van der Waals surface area contributed by atoms with Crippen LogP contribution in [-0.2, 0) is 13.6 Å². The molecule has 4 rings (SSSR count). The van der Waals surface area contributed by atoms with Gasteiger partial charge >= 0.3 is 5.69 Å². The van der Waals surface area contributed by atoms with Crippen molar-refractivity contribution >= 4 is 0 Å². The molecular formula is C17H23N5O. The van der Waals surface area contributed by atoms with Crippen LogP contribution in [0.3, 0.4) is 0 Å². The summed E-state index contributed by atoms with van der Waals surface area (Å²) in [5.41, 5.74) is 1.18. The second-order valence-electron chi connectivity index (χ2n) is 6.74. The maximum Gasteiger partial charge on any atom is 0.345 e. The van der Waals surface area contributed by atoms with E-state index in [4.69, 9.17) is 0 Å². The molecule has 0 atom stereocenters. The number of nitrogens with zero attached hydrogens (tertiary/aromatic N) is 5. The van der Waals surface area contributed by atoms with Gasteiger partial charge in [-0.3, -0.25) is 14.5 Å². The molecule has 6 nitrogen and oxygen atoms in total. The Balaban J connectivity index is 1.44. The molecule has 3 heterocycles. The molecule has 2 aromatic rings. The molecule has 2 fully saturated rings. The van der Waals surface area contributed by atoms with Crippen LogP contribution in [0.5, 0.6) is 0 Å². The Morgan fingerprint density at radius 2 is 1.96 bits per heavy atom. The number of pyridine rings is 1. The van der Waals surface area contributed by atoms with E-state index in [0.29, 0.717) is 12.0 Å². The minimum atomic E-state index is 0.0541. The molecular weight excluding hydrogens is 290 g/mol. The van der Waals surface area contributed by atoms with Crippen LogP contribution >= 0.6 is 0 Å². The Hall–Kier alpha value is -1.95. The zero-order valence-corrected chi connectivity index (χ0v) is 13.6. The first kappa shape index (κ1) is 14.6. The van der Waals surface area contributed by atoms with Crippen LogP contribution in [0.4, 0.5) is 0 Å². The average Bonchev–Trinajstić information content (AvgIpc) is 3.36. The highest BCUT2D eigenvalue weighted by atomic mass is 16.2. The summed E-state index contributed by atoms with van der Waals surface area (Å²) < 4.78 is 3.47. The van der Waals surface area contributed by atoms with E-state index in [9.17, 15) is 4.79 Å². The highest BCUT2D eigenvalue weighted by Gasteiger charge is 2.33. The molecule has 2 aromatic heterocycles. The zero-order valence-electron chi connectivity index (χ0n) is 13.6. The molecule has 0 radical (unpaired) electrons. The quantitative estimate of drug-likeness (QED) is 0.862. The lowest BCUT2D eigenvalue weighted by atomic mass is 9.95. The Morgan fingerprint density at radius 1 is 1.17 bits per heavy atom. The predicted molar refractivity (Wildman–Crippen MR) is 87.2 cm³/mol. The maximum atomic E-state index is 12.3. The van der Waals surface area contributed by atoms with Crippen LogP contribution < -0.4 is 5.69 Å². The normalized spacial score (nSPS) is 20.0. The third-order valence-corrected chi connectivity index (χ3v) is 4.96. The van der Waals surface area contributed by atoms with Gasteiger partial charge in [0.1, 0.15) is 5.82 Å². The molecule has 0 amide bonds. The third kappa shape index (κ3) is 2.95. The van der Waals surface area contributed by atoms with Gasteiger partial charge in [0.25, 0.3) is 0 Å². The fourth-order valence-corrected chi connectivity index (χ4v) is 3.52. The molecule has 1 saturated heterocycles. The predicted octanol–water partition coefficient (Wildman–Crippen LogP) is 1.69. The number of hydrogen-bond acceptors (Lipinski definition) is 4. The fourth-order valence-electron chi connectivity index (χ4n) is 3.52. The molecule has 1 saturated carbocycles. The summed E-state index contributed by atoms with van der Waals surface area (Å²) in [7, 11) is 1.76. The van der Waals surface area contributed by atoms with Crippen LogP contribution in [0.2, 0.25) is 0 Å². The van der Waals surface area contributed by atoms with Crippen molar-refractivity contribution in [2.75, 3.05) is 13.1 Å². The van der Waals surface area contributed by atoms with Crippen molar-refractivity contribution in [3.63, 3.8) is 0 Å². The first-order chi connectivity index (χ1) is 11.2. The lowest BCUT2D eigenvalue weighted by Crippen LogP contribution is -2.34. The average molecular weight is 313 g/mol. The van der Waals surface area contributed by atoms with Gasteiger partial charge in [-0.15, -0.1) is 0 Å². The van der Waals surface area contributed by atoms with Gasteiger partial charge in [0.15, 0.2) is 0 Å². The molecule has 0 spiro atoms. The number of aryl methyl sites for hydroxylation is 1. The van der Waals surface area contributed by atoms with Crippen LogP contribution in [0.25, 0.3) is 0 Å². The molecule has 0 bridgehead atoms. The number of rotatable bonds is 4. The summed E-state index contributed by atoms with van der Waals surface area (Å²) in [5.74, 6) is 1.42. The van der Waals surface area contributed by atoms with Crippen molar-refractivity contribution < 1.29 is 0 Å². The summed E-state index contributed by atoms with van der Waals surface area (Å²) in [6, 6.07) is 6.47.